The van der Waals surface area contributed by atoms with E-state index in [1.807, 2.05) is 72.8 Å². The lowest BCUT2D eigenvalue weighted by Gasteiger charge is -2.38. The fourth-order valence-corrected chi connectivity index (χ4v) is 4.44. The molecule has 0 unspecified atom stereocenters. The van der Waals surface area contributed by atoms with Crippen LogP contribution in [0.1, 0.15) is 80.2 Å². The van der Waals surface area contributed by atoms with Crippen molar-refractivity contribution in [2.75, 3.05) is 26.2 Å². The zero-order valence-electron chi connectivity index (χ0n) is 27.6. The molecule has 1 saturated heterocycles. The van der Waals surface area contributed by atoms with Gasteiger partial charge in [-0.2, -0.15) is 5.26 Å². The van der Waals surface area contributed by atoms with Gasteiger partial charge < -0.3 is 25.4 Å². The Morgan fingerprint density at radius 3 is 2.25 bits per heavy atom. The number of nitrogens with zero attached hydrogens (tertiary/aromatic N) is 4. The molecular formula is C35H49FN6O2. The Kier molecular flexibility index (Phi) is 16.3. The summed E-state index contributed by atoms with van der Waals surface area (Å²) in [5.74, 6) is -0.262. The number of amides is 1. The fraction of sp³-hybridized carbons (Fsp3) is 0.457. The molecule has 1 aromatic rings. The highest BCUT2D eigenvalue weighted by Crippen LogP contribution is 2.31. The van der Waals surface area contributed by atoms with Crippen LogP contribution in [0.15, 0.2) is 70.5 Å². The smallest absolute Gasteiger partial charge is 0.410 e. The van der Waals surface area contributed by atoms with E-state index >= 15 is 0 Å². The molecule has 2 rings (SSSR count). The molecule has 2 N–H and O–H groups in total. The van der Waals surface area contributed by atoms with Crippen molar-refractivity contribution in [2.45, 2.75) is 80.3 Å². The number of allylic oxidation sites excluding steroid dienone is 7. The molecule has 1 amide bonds. The highest BCUT2D eigenvalue weighted by Gasteiger charge is 2.27. The molecule has 238 valence electrons. The number of nitrogens with one attached hydrogen (secondary N) is 2. The first-order valence-corrected chi connectivity index (χ1v) is 15.1. The molecule has 1 fully saturated rings. The van der Waals surface area contributed by atoms with Crippen LogP contribution in [-0.4, -0.2) is 65.3 Å². The van der Waals surface area contributed by atoms with Crippen molar-refractivity contribution in [3.05, 3.63) is 76.9 Å². The first kappa shape index (κ1) is 37.7. The van der Waals surface area contributed by atoms with Gasteiger partial charge in [0, 0.05) is 66.9 Å². The zero-order valence-corrected chi connectivity index (χ0v) is 27.6. The summed E-state index contributed by atoms with van der Waals surface area (Å²) in [6, 6.07) is 8.64. The summed E-state index contributed by atoms with van der Waals surface area (Å²) >= 11 is 0. The molecule has 8 nitrogen and oxygen atoms in total. The standard InChI is InChI=1S/C27H38FN3O2.C8H11N3/c1-8-10-15-29-20(3)25(22(9-2)23-13-11-12-14-24(23)28)21(4)30-16-18-31(19-17-30)26(32)33-27(5,6)7;1-2-3-8(11)4-7(5-9)6-10/h9-15H,8,16-19H2,1-7H3;4-5,9,11H,2-3H2,1H3/b15-10+,22-9-,25-21-,29-20+;7-4+,9-5?,11-8?. The van der Waals surface area contributed by atoms with Crippen LogP contribution in [0.3, 0.4) is 0 Å². The van der Waals surface area contributed by atoms with E-state index in [2.05, 4.69) is 16.8 Å². The summed E-state index contributed by atoms with van der Waals surface area (Å²) in [7, 11) is 0. The zero-order chi connectivity index (χ0) is 33.3. The van der Waals surface area contributed by atoms with E-state index in [1.165, 1.54) is 12.1 Å². The number of halogens is 1. The Morgan fingerprint density at radius 2 is 1.75 bits per heavy atom. The highest BCUT2D eigenvalue weighted by molar-refractivity contribution is 6.12. The number of benzene rings is 1. The molecule has 0 spiro atoms. The summed E-state index contributed by atoms with van der Waals surface area (Å²) in [4.78, 5) is 21.1. The minimum Gasteiger partial charge on any atom is -0.444 e. The van der Waals surface area contributed by atoms with Crippen molar-refractivity contribution in [2.24, 2.45) is 4.99 Å². The molecule has 0 aliphatic carbocycles. The second-order valence-corrected chi connectivity index (χ2v) is 11.2. The van der Waals surface area contributed by atoms with Gasteiger partial charge in [-0.3, -0.25) is 4.99 Å². The normalized spacial score (nSPS) is 15.2. The molecule has 1 aromatic carbocycles. The predicted molar refractivity (Wildman–Crippen MR) is 180 cm³/mol. The van der Waals surface area contributed by atoms with Crippen LogP contribution in [0.2, 0.25) is 0 Å². The van der Waals surface area contributed by atoms with Gasteiger partial charge in [-0.15, -0.1) is 0 Å². The highest BCUT2D eigenvalue weighted by atomic mass is 19.1. The van der Waals surface area contributed by atoms with Gasteiger partial charge >= 0.3 is 6.09 Å². The molecule has 0 aromatic heterocycles. The minimum atomic E-state index is -0.516. The fourth-order valence-electron chi connectivity index (χ4n) is 4.44. The second-order valence-electron chi connectivity index (χ2n) is 11.2. The summed E-state index contributed by atoms with van der Waals surface area (Å²) in [6.45, 7) is 18.0. The van der Waals surface area contributed by atoms with Crippen LogP contribution in [0, 0.1) is 28.0 Å². The monoisotopic (exact) mass is 604 g/mol. The number of nitriles is 1. The average Bonchev–Trinajstić information content (AvgIpc) is 2.98. The number of hydrogen-bond acceptors (Lipinski definition) is 7. The minimum absolute atomic E-state index is 0.239. The van der Waals surface area contributed by atoms with Gasteiger partial charge in [-0.1, -0.05) is 50.6 Å². The van der Waals surface area contributed by atoms with Crippen LogP contribution < -0.4 is 0 Å². The lowest BCUT2D eigenvalue weighted by atomic mass is 9.92. The van der Waals surface area contributed by atoms with Gasteiger partial charge in [-0.05, 0) is 72.1 Å². The van der Waals surface area contributed by atoms with Crippen LogP contribution in [-0.2, 0) is 4.74 Å². The Hall–Kier alpha value is -4.32. The summed E-state index contributed by atoms with van der Waals surface area (Å²) in [5, 5.41) is 22.4. The van der Waals surface area contributed by atoms with Gasteiger partial charge in [0.1, 0.15) is 17.5 Å². The number of rotatable bonds is 10. The molecule has 0 bridgehead atoms. The third-order valence-electron chi connectivity index (χ3n) is 6.59. The maximum absolute atomic E-state index is 14.7. The number of carbonyl (C=O) groups excluding carboxylic acids is 1. The lowest BCUT2D eigenvalue weighted by Crippen LogP contribution is -2.49. The van der Waals surface area contributed by atoms with Crippen molar-refractivity contribution < 1.29 is 13.9 Å². The third-order valence-corrected chi connectivity index (χ3v) is 6.59. The van der Waals surface area contributed by atoms with Gasteiger partial charge in [-0.25, -0.2) is 9.18 Å². The number of carbonyl (C=O) groups is 1. The first-order valence-electron chi connectivity index (χ1n) is 15.1. The summed E-state index contributed by atoms with van der Waals surface area (Å²) < 4.78 is 20.3. The Bertz CT molecular complexity index is 1330. The van der Waals surface area contributed by atoms with Crippen LogP contribution in [0.25, 0.3) is 5.57 Å². The van der Waals surface area contributed by atoms with Crippen molar-refractivity contribution >= 4 is 29.3 Å². The number of piperazine rings is 1. The molecule has 1 heterocycles. The molecule has 9 heteroatoms. The first-order chi connectivity index (χ1) is 20.8. The van der Waals surface area contributed by atoms with Crippen LogP contribution in [0.4, 0.5) is 9.18 Å². The average molecular weight is 605 g/mol. The van der Waals surface area contributed by atoms with Crippen molar-refractivity contribution in [1.29, 1.82) is 16.1 Å². The maximum atomic E-state index is 14.7. The molecule has 44 heavy (non-hydrogen) atoms. The maximum Gasteiger partial charge on any atom is 0.410 e. The van der Waals surface area contributed by atoms with E-state index in [9.17, 15) is 9.18 Å². The number of ether oxygens (including phenoxy) is 1. The van der Waals surface area contributed by atoms with Crippen LogP contribution in [0.5, 0.6) is 0 Å². The van der Waals surface area contributed by atoms with Gasteiger partial charge in [0.2, 0.25) is 0 Å². The lowest BCUT2D eigenvalue weighted by molar-refractivity contribution is 0.0168. The SMILES string of the molecule is CCCC(=N)/C=C(/C#N)C=N.C\C=C(C(/C(C)=N/C=C/CC)=C(/C)N1CCN(C(=O)OC(C)(C)C)CC1)\c1ccccc1F. The van der Waals surface area contributed by atoms with E-state index in [-0.39, 0.29) is 17.5 Å². The van der Waals surface area contributed by atoms with Gasteiger partial charge in [0.15, 0.2) is 0 Å². The number of aliphatic imine (C=N–C) groups is 1. The molecule has 0 saturated carbocycles. The van der Waals surface area contributed by atoms with Crippen molar-refractivity contribution in [3.63, 3.8) is 0 Å². The van der Waals surface area contributed by atoms with E-state index in [0.717, 1.165) is 41.6 Å². The van der Waals surface area contributed by atoms with E-state index in [1.54, 1.807) is 23.2 Å². The molecule has 1 aliphatic heterocycles. The van der Waals surface area contributed by atoms with Gasteiger partial charge in [0.25, 0.3) is 0 Å². The summed E-state index contributed by atoms with van der Waals surface area (Å²) in [5.41, 5.74) is 4.24. The number of hydrogen-bond donors (Lipinski definition) is 2. The Balaban J connectivity index is 0.000000747. The van der Waals surface area contributed by atoms with E-state index in [0.29, 0.717) is 43.9 Å². The quantitative estimate of drug-likeness (QED) is 0.159. The Morgan fingerprint density at radius 1 is 1.14 bits per heavy atom. The predicted octanol–water partition coefficient (Wildman–Crippen LogP) is 8.35. The molecule has 0 radical (unpaired) electrons. The second kappa shape index (κ2) is 19.1. The molecular weight excluding hydrogens is 555 g/mol. The van der Waals surface area contributed by atoms with Crippen molar-refractivity contribution in [3.8, 4) is 6.07 Å². The largest absolute Gasteiger partial charge is 0.444 e. The van der Waals surface area contributed by atoms with E-state index in [4.69, 9.17) is 20.8 Å². The third kappa shape index (κ3) is 12.5. The molecule has 0 atom stereocenters. The topological polar surface area (TPSA) is 117 Å². The van der Waals surface area contributed by atoms with Gasteiger partial charge in [0.05, 0.1) is 5.57 Å². The Labute approximate surface area is 263 Å². The van der Waals surface area contributed by atoms with E-state index < -0.39 is 5.60 Å². The molecule has 1 aliphatic rings. The summed E-state index contributed by atoms with van der Waals surface area (Å²) in [6.07, 6.45) is 10.3. The van der Waals surface area contributed by atoms with Crippen LogP contribution >= 0.6 is 0 Å². The van der Waals surface area contributed by atoms with Crippen molar-refractivity contribution in [1.82, 2.24) is 9.80 Å².